The van der Waals surface area contributed by atoms with Gasteiger partial charge >= 0.3 is 6.03 Å². The van der Waals surface area contributed by atoms with Gasteiger partial charge in [0.1, 0.15) is 5.75 Å². The molecule has 1 aromatic rings. The van der Waals surface area contributed by atoms with Crippen LogP contribution in [-0.2, 0) is 0 Å². The van der Waals surface area contributed by atoms with Crippen molar-refractivity contribution in [3.05, 3.63) is 24.3 Å². The van der Waals surface area contributed by atoms with Crippen molar-refractivity contribution in [2.75, 3.05) is 32.6 Å². The van der Waals surface area contributed by atoms with Crippen molar-refractivity contribution in [2.45, 2.75) is 39.7 Å². The number of amides is 2. The maximum atomic E-state index is 12.0. The fourth-order valence-electron chi connectivity index (χ4n) is 1.99. The molecule has 0 bridgehead atoms. The lowest BCUT2D eigenvalue weighted by atomic mass is 10.1. The Kier molecular flexibility index (Phi) is 8.48. The summed E-state index contributed by atoms with van der Waals surface area (Å²) in [6.45, 7) is 7.98. The van der Waals surface area contributed by atoms with Crippen LogP contribution in [0.25, 0.3) is 0 Å². The van der Waals surface area contributed by atoms with Crippen LogP contribution >= 0.6 is 0 Å². The lowest BCUT2D eigenvalue weighted by Crippen LogP contribution is -2.37. The van der Waals surface area contributed by atoms with Crippen LogP contribution in [0.5, 0.6) is 5.75 Å². The van der Waals surface area contributed by atoms with Crippen molar-refractivity contribution in [3.8, 4) is 5.75 Å². The molecule has 5 heteroatoms. The molecule has 0 heterocycles. The first-order valence-corrected chi connectivity index (χ1v) is 8.32. The van der Waals surface area contributed by atoms with Gasteiger partial charge in [-0.25, -0.2) is 4.79 Å². The van der Waals surface area contributed by atoms with Crippen molar-refractivity contribution in [2.24, 2.45) is 5.92 Å². The first-order chi connectivity index (χ1) is 10.9. The van der Waals surface area contributed by atoms with E-state index in [1.54, 1.807) is 0 Å². The van der Waals surface area contributed by atoms with E-state index >= 15 is 0 Å². The summed E-state index contributed by atoms with van der Waals surface area (Å²) in [4.78, 5) is 14.1. The molecule has 130 valence electrons. The van der Waals surface area contributed by atoms with Crippen molar-refractivity contribution < 1.29 is 9.53 Å². The molecule has 0 aromatic heterocycles. The average Bonchev–Trinajstić information content (AvgIpc) is 2.45. The highest BCUT2D eigenvalue weighted by Gasteiger charge is 2.08. The van der Waals surface area contributed by atoms with Gasteiger partial charge in [0, 0.05) is 17.8 Å². The topological polar surface area (TPSA) is 53.6 Å². The van der Waals surface area contributed by atoms with Crippen molar-refractivity contribution in [1.29, 1.82) is 0 Å². The molecule has 0 saturated carbocycles. The number of carbonyl (C=O) groups excluding carboxylic acids is 1. The molecule has 23 heavy (non-hydrogen) atoms. The van der Waals surface area contributed by atoms with E-state index in [9.17, 15) is 4.79 Å². The monoisotopic (exact) mass is 321 g/mol. The molecule has 1 unspecified atom stereocenters. The smallest absolute Gasteiger partial charge is 0.319 e. The van der Waals surface area contributed by atoms with Crippen LogP contribution in [0.4, 0.5) is 10.5 Å². The Balaban J connectivity index is 2.42. The second-order valence-corrected chi connectivity index (χ2v) is 6.65. The summed E-state index contributed by atoms with van der Waals surface area (Å²) < 4.78 is 5.71. The number of urea groups is 1. The summed E-state index contributed by atoms with van der Waals surface area (Å²) in [5.74, 6) is 1.40. The van der Waals surface area contributed by atoms with Crippen molar-refractivity contribution in [3.63, 3.8) is 0 Å². The number of hydrogen-bond acceptors (Lipinski definition) is 3. The van der Waals surface area contributed by atoms with E-state index in [0.29, 0.717) is 12.5 Å². The molecule has 0 aliphatic carbocycles. The van der Waals surface area contributed by atoms with Gasteiger partial charge < -0.3 is 20.3 Å². The third-order valence-electron chi connectivity index (χ3n) is 3.44. The summed E-state index contributed by atoms with van der Waals surface area (Å²) in [6.07, 6.45) is 1.93. The van der Waals surface area contributed by atoms with Crippen molar-refractivity contribution >= 4 is 11.7 Å². The van der Waals surface area contributed by atoms with E-state index in [-0.39, 0.29) is 12.1 Å². The van der Waals surface area contributed by atoms with Gasteiger partial charge in [0.15, 0.2) is 0 Å². The second-order valence-electron chi connectivity index (χ2n) is 6.65. The quantitative estimate of drug-likeness (QED) is 0.731. The Morgan fingerprint density at radius 3 is 2.61 bits per heavy atom. The molecule has 0 spiro atoms. The van der Waals surface area contributed by atoms with Crippen LogP contribution in [0, 0.1) is 5.92 Å². The fourth-order valence-corrected chi connectivity index (χ4v) is 1.99. The van der Waals surface area contributed by atoms with E-state index in [2.05, 4.69) is 29.4 Å². The van der Waals surface area contributed by atoms with Gasteiger partial charge in [-0.3, -0.25) is 0 Å². The Hall–Kier alpha value is -1.75. The summed E-state index contributed by atoms with van der Waals surface area (Å²) >= 11 is 0. The normalized spacial score (nSPS) is 12.3. The van der Waals surface area contributed by atoms with Crippen LogP contribution in [0.1, 0.15) is 33.6 Å². The van der Waals surface area contributed by atoms with Crippen LogP contribution in [-0.4, -0.2) is 44.2 Å². The van der Waals surface area contributed by atoms with Gasteiger partial charge in [0.05, 0.1) is 6.61 Å². The van der Waals surface area contributed by atoms with Gasteiger partial charge in [-0.15, -0.1) is 0 Å². The van der Waals surface area contributed by atoms with Crippen molar-refractivity contribution in [1.82, 2.24) is 10.2 Å². The molecular formula is C18H31N3O2. The number of rotatable bonds is 9. The molecule has 0 saturated heterocycles. The molecule has 2 amide bonds. The number of anilines is 1. The van der Waals surface area contributed by atoms with Gasteiger partial charge in [-0.1, -0.05) is 19.9 Å². The largest absolute Gasteiger partial charge is 0.494 e. The molecule has 0 aliphatic rings. The Morgan fingerprint density at radius 1 is 1.22 bits per heavy atom. The van der Waals surface area contributed by atoms with E-state index < -0.39 is 0 Å². The zero-order chi connectivity index (χ0) is 17.2. The van der Waals surface area contributed by atoms with Gasteiger partial charge in [0.2, 0.25) is 0 Å². The Morgan fingerprint density at radius 2 is 1.96 bits per heavy atom. The molecule has 0 fully saturated rings. The summed E-state index contributed by atoms with van der Waals surface area (Å²) in [5, 5.41) is 5.80. The molecule has 0 radical (unpaired) electrons. The van der Waals surface area contributed by atoms with Gasteiger partial charge in [0.25, 0.3) is 0 Å². The van der Waals surface area contributed by atoms with E-state index in [0.717, 1.165) is 30.8 Å². The molecule has 1 rings (SSSR count). The molecule has 5 nitrogen and oxygen atoms in total. The van der Waals surface area contributed by atoms with E-state index in [1.807, 2.05) is 45.3 Å². The lowest BCUT2D eigenvalue weighted by Gasteiger charge is -2.17. The summed E-state index contributed by atoms with van der Waals surface area (Å²) in [5.41, 5.74) is 0.740. The number of benzene rings is 1. The highest BCUT2D eigenvalue weighted by Crippen LogP contribution is 2.18. The highest BCUT2D eigenvalue weighted by atomic mass is 16.5. The zero-order valence-corrected chi connectivity index (χ0v) is 15.1. The summed E-state index contributed by atoms with van der Waals surface area (Å²) in [7, 11) is 4.05. The van der Waals surface area contributed by atoms with Gasteiger partial charge in [-0.2, -0.15) is 0 Å². The van der Waals surface area contributed by atoms with Gasteiger partial charge in [-0.05, 0) is 58.5 Å². The number of ether oxygens (including phenoxy) is 1. The zero-order valence-electron chi connectivity index (χ0n) is 15.1. The first kappa shape index (κ1) is 19.3. The summed E-state index contributed by atoms with van der Waals surface area (Å²) in [6, 6.07) is 7.45. The fraction of sp³-hybridized carbons (Fsp3) is 0.611. The molecule has 1 aromatic carbocycles. The van der Waals surface area contributed by atoms with E-state index in [4.69, 9.17) is 4.74 Å². The molecule has 0 aliphatic heterocycles. The number of carbonyl (C=O) groups is 1. The van der Waals surface area contributed by atoms with Crippen LogP contribution < -0.4 is 15.4 Å². The third kappa shape index (κ3) is 9.08. The number of hydrogen-bond donors (Lipinski definition) is 2. The van der Waals surface area contributed by atoms with Crippen LogP contribution in [0.2, 0.25) is 0 Å². The molecular weight excluding hydrogens is 290 g/mol. The van der Waals surface area contributed by atoms with Crippen LogP contribution in [0.15, 0.2) is 24.3 Å². The highest BCUT2D eigenvalue weighted by molar-refractivity contribution is 5.89. The molecule has 2 N–H and O–H groups in total. The van der Waals surface area contributed by atoms with E-state index in [1.165, 1.54) is 0 Å². The minimum Gasteiger partial charge on any atom is -0.494 e. The maximum absolute atomic E-state index is 12.0. The maximum Gasteiger partial charge on any atom is 0.319 e. The minimum atomic E-state index is -0.185. The second kappa shape index (κ2) is 10.1. The minimum absolute atomic E-state index is 0.128. The predicted molar refractivity (Wildman–Crippen MR) is 96.2 cm³/mol. The molecule has 1 atom stereocenters. The Bertz CT molecular complexity index is 475. The van der Waals surface area contributed by atoms with Crippen LogP contribution in [0.3, 0.4) is 0 Å². The SMILES string of the molecule is CC(C)CCOc1cccc(NC(=O)NC(C)CCN(C)C)c1. The average molecular weight is 321 g/mol. The Labute approximate surface area is 140 Å². The standard InChI is InChI=1S/C18H31N3O2/c1-14(2)10-12-23-17-8-6-7-16(13-17)20-18(22)19-15(3)9-11-21(4)5/h6-8,13-15H,9-12H2,1-5H3,(H2,19,20,22). The third-order valence-corrected chi connectivity index (χ3v) is 3.44. The number of nitrogens with zero attached hydrogens (tertiary/aromatic N) is 1. The lowest BCUT2D eigenvalue weighted by molar-refractivity contribution is 0.247. The first-order valence-electron chi connectivity index (χ1n) is 8.32. The number of nitrogens with one attached hydrogen (secondary N) is 2. The predicted octanol–water partition coefficient (Wildman–Crippen LogP) is 3.57.